The molecule has 3 N–H and O–H groups in total. The Labute approximate surface area is 279 Å². The van der Waals surface area contributed by atoms with E-state index in [0.29, 0.717) is 24.5 Å². The van der Waals surface area contributed by atoms with Crippen molar-refractivity contribution >= 4 is 44.7 Å². The highest BCUT2D eigenvalue weighted by molar-refractivity contribution is 7.94. The zero-order valence-corrected chi connectivity index (χ0v) is 28.7. The predicted molar refractivity (Wildman–Crippen MR) is 180 cm³/mol. The summed E-state index contributed by atoms with van der Waals surface area (Å²) in [6, 6.07) is 12.2. The summed E-state index contributed by atoms with van der Waals surface area (Å²) in [7, 11) is -2.24. The van der Waals surface area contributed by atoms with E-state index >= 15 is 0 Å². The molecule has 14 heteroatoms. The molecule has 3 amide bonds. The van der Waals surface area contributed by atoms with Gasteiger partial charge in [0.2, 0.25) is 0 Å². The van der Waals surface area contributed by atoms with Crippen molar-refractivity contribution in [3.63, 3.8) is 0 Å². The maximum Gasteiger partial charge on any atom is 0.321 e. The topological polar surface area (TPSA) is 138 Å². The lowest BCUT2D eigenvalue weighted by atomic mass is 10.0. The molecule has 0 fully saturated rings. The average molecular weight is 691 g/mol. The molecule has 3 aromatic rings. The molecule has 0 saturated heterocycles. The number of fused-ring (bicyclic) bond motifs is 1. The van der Waals surface area contributed by atoms with Crippen molar-refractivity contribution in [2.24, 2.45) is 5.92 Å². The first kappa shape index (κ1) is 36.1. The summed E-state index contributed by atoms with van der Waals surface area (Å²) in [6.07, 6.45) is 1.49. The molecule has 4 atom stereocenters. The number of benzene rings is 2. The molecule has 2 heterocycles. The summed E-state index contributed by atoms with van der Waals surface area (Å²) in [5.41, 5.74) is 0.799. The fourth-order valence-electron chi connectivity index (χ4n) is 5.18. The lowest BCUT2D eigenvalue weighted by Gasteiger charge is -2.35. The van der Waals surface area contributed by atoms with Gasteiger partial charge in [0, 0.05) is 44.0 Å². The number of aliphatic hydroxyl groups is 1. The smallest absolute Gasteiger partial charge is 0.321 e. The molecule has 4 rings (SSSR count). The Morgan fingerprint density at radius 3 is 2.55 bits per heavy atom. The number of urea groups is 1. The first-order valence-corrected chi connectivity index (χ1v) is 17.9. The van der Waals surface area contributed by atoms with Crippen LogP contribution in [0.15, 0.2) is 64.2 Å². The number of amides is 3. The number of hydrogen-bond donors (Lipinski definition) is 3. The van der Waals surface area contributed by atoms with E-state index in [-0.39, 0.29) is 47.2 Å². The van der Waals surface area contributed by atoms with Gasteiger partial charge in [-0.15, -0.1) is 11.3 Å². The van der Waals surface area contributed by atoms with E-state index in [1.165, 1.54) is 46.2 Å². The van der Waals surface area contributed by atoms with E-state index in [4.69, 9.17) is 9.47 Å². The average Bonchev–Trinajstić information content (AvgIpc) is 3.60. The molecule has 47 heavy (non-hydrogen) atoms. The Bertz CT molecular complexity index is 1590. The second-order valence-electron chi connectivity index (χ2n) is 11.9. The number of hydrogen-bond acceptors (Lipinski definition) is 8. The highest BCUT2D eigenvalue weighted by Gasteiger charge is 2.31. The number of ether oxygens (including phenoxy) is 2. The molecular formula is C33H43FN4O7S2. The van der Waals surface area contributed by atoms with Crippen molar-refractivity contribution in [2.45, 2.75) is 62.5 Å². The SMILES string of the molecule is C[C@@H]1CN([C@@H](C)CO)C(=O)c2cc(NS(=O)(=O)c3cccs3)ccc2O[C@@H](C)CCCCO[C@@H]1CN(C)C(=O)Nc1ccc(F)cc1. The van der Waals surface area contributed by atoms with Crippen molar-refractivity contribution in [1.82, 2.24) is 9.80 Å². The fourth-order valence-corrected chi connectivity index (χ4v) is 7.22. The van der Waals surface area contributed by atoms with Gasteiger partial charge in [-0.05, 0) is 87.0 Å². The Morgan fingerprint density at radius 1 is 1.15 bits per heavy atom. The van der Waals surface area contributed by atoms with E-state index in [0.717, 1.165) is 24.2 Å². The molecule has 0 bridgehead atoms. The van der Waals surface area contributed by atoms with Gasteiger partial charge in [0.25, 0.3) is 15.9 Å². The molecule has 0 aliphatic carbocycles. The third-order valence-corrected chi connectivity index (χ3v) is 10.7. The number of halogens is 1. The zero-order valence-electron chi connectivity index (χ0n) is 27.0. The number of nitrogens with one attached hydrogen (secondary N) is 2. The minimum absolute atomic E-state index is 0.139. The largest absolute Gasteiger partial charge is 0.490 e. The van der Waals surface area contributed by atoms with Gasteiger partial charge in [-0.3, -0.25) is 9.52 Å². The highest BCUT2D eigenvalue weighted by Crippen LogP contribution is 2.30. The maximum absolute atomic E-state index is 14.3. The Hall–Kier alpha value is -3.72. The lowest BCUT2D eigenvalue weighted by molar-refractivity contribution is -0.0115. The number of likely N-dealkylation sites (N-methyl/N-ethyl adjacent to an activating group) is 1. The number of anilines is 2. The number of carbonyl (C=O) groups excluding carboxylic acids is 2. The number of thiophene rings is 1. The highest BCUT2D eigenvalue weighted by atomic mass is 32.2. The molecule has 1 aromatic heterocycles. The molecular weight excluding hydrogens is 648 g/mol. The van der Waals surface area contributed by atoms with Gasteiger partial charge in [0.1, 0.15) is 15.8 Å². The van der Waals surface area contributed by atoms with Crippen LogP contribution >= 0.6 is 11.3 Å². The molecule has 0 radical (unpaired) electrons. The van der Waals surface area contributed by atoms with Crippen LogP contribution in [0.25, 0.3) is 0 Å². The van der Waals surface area contributed by atoms with Gasteiger partial charge < -0.3 is 29.7 Å². The van der Waals surface area contributed by atoms with E-state index in [1.54, 1.807) is 37.6 Å². The summed E-state index contributed by atoms with van der Waals surface area (Å²) < 4.78 is 54.5. The van der Waals surface area contributed by atoms with E-state index in [1.807, 2.05) is 13.8 Å². The predicted octanol–water partition coefficient (Wildman–Crippen LogP) is 5.65. The van der Waals surface area contributed by atoms with Gasteiger partial charge in [0.15, 0.2) is 0 Å². The quantitative estimate of drug-likeness (QED) is 0.278. The van der Waals surface area contributed by atoms with Crippen LogP contribution in [-0.4, -0.2) is 86.9 Å². The standard InChI is InChI=1S/C33H43FN4O7S2/c1-22-19-38(23(2)21-39)32(40)28-18-27(36-47(42,43)31-9-7-17-46-31)14-15-29(28)45-24(3)8-5-6-16-44-30(22)20-37(4)33(41)35-26-12-10-25(34)11-13-26/h7,9-15,17-18,22-24,30,36,39H,5-6,8,16,19-21H2,1-4H3,(H,35,41)/t22-,23+,24+,30-/m1/s1. The summed E-state index contributed by atoms with van der Waals surface area (Å²) in [4.78, 5) is 30.3. The molecule has 0 saturated carbocycles. The fraction of sp³-hybridized carbons (Fsp3) is 0.455. The zero-order chi connectivity index (χ0) is 34.1. The molecule has 256 valence electrons. The number of aliphatic hydroxyl groups excluding tert-OH is 1. The summed E-state index contributed by atoms with van der Waals surface area (Å²) in [5.74, 6) is -0.836. The number of rotatable bonds is 8. The van der Waals surface area contributed by atoms with Crippen LogP contribution in [0.2, 0.25) is 0 Å². The molecule has 2 aromatic carbocycles. The molecule has 0 spiro atoms. The monoisotopic (exact) mass is 690 g/mol. The maximum atomic E-state index is 14.3. The van der Waals surface area contributed by atoms with Crippen molar-refractivity contribution in [3.05, 3.63) is 71.4 Å². The van der Waals surface area contributed by atoms with Crippen molar-refractivity contribution in [2.75, 3.05) is 43.4 Å². The van der Waals surface area contributed by atoms with Gasteiger partial charge >= 0.3 is 6.03 Å². The number of carbonyl (C=O) groups is 2. The first-order valence-electron chi connectivity index (χ1n) is 15.6. The summed E-state index contributed by atoms with van der Waals surface area (Å²) in [6.45, 7) is 6.02. The van der Waals surface area contributed by atoms with E-state index in [2.05, 4.69) is 10.0 Å². The normalized spacial score (nSPS) is 20.3. The number of nitrogens with zero attached hydrogens (tertiary/aromatic N) is 2. The summed E-state index contributed by atoms with van der Waals surface area (Å²) in [5, 5.41) is 14.6. The van der Waals surface area contributed by atoms with Gasteiger partial charge in [-0.1, -0.05) is 13.0 Å². The van der Waals surface area contributed by atoms with Gasteiger partial charge in [-0.2, -0.15) is 0 Å². The van der Waals surface area contributed by atoms with Crippen molar-refractivity contribution in [3.8, 4) is 5.75 Å². The Morgan fingerprint density at radius 2 is 1.87 bits per heavy atom. The van der Waals surface area contributed by atoms with Crippen molar-refractivity contribution < 1.29 is 37.0 Å². The third-order valence-electron chi connectivity index (χ3n) is 7.96. The van der Waals surface area contributed by atoms with Gasteiger partial charge in [0.05, 0.1) is 30.4 Å². The van der Waals surface area contributed by atoms with Crippen molar-refractivity contribution in [1.29, 1.82) is 0 Å². The van der Waals surface area contributed by atoms with E-state index < -0.39 is 39.9 Å². The Kier molecular flexibility index (Phi) is 12.6. The van der Waals surface area contributed by atoms with Gasteiger partial charge in [-0.25, -0.2) is 17.6 Å². The van der Waals surface area contributed by atoms with Crippen LogP contribution in [0.4, 0.5) is 20.6 Å². The molecule has 1 aliphatic rings. The van der Waals surface area contributed by atoms with Crippen LogP contribution in [0.1, 0.15) is 50.4 Å². The Balaban J connectivity index is 1.61. The number of sulfonamides is 1. The molecule has 11 nitrogen and oxygen atoms in total. The minimum atomic E-state index is -3.87. The van der Waals surface area contributed by atoms with Crippen LogP contribution < -0.4 is 14.8 Å². The molecule has 1 aliphatic heterocycles. The first-order chi connectivity index (χ1) is 22.4. The van der Waals surface area contributed by atoms with Crippen LogP contribution in [0.3, 0.4) is 0 Å². The third kappa shape index (κ3) is 9.89. The lowest BCUT2D eigenvalue weighted by Crippen LogP contribution is -2.48. The van der Waals surface area contributed by atoms with Crippen LogP contribution in [0, 0.1) is 11.7 Å². The minimum Gasteiger partial charge on any atom is -0.490 e. The van der Waals surface area contributed by atoms with E-state index in [9.17, 15) is 27.5 Å². The second kappa shape index (κ2) is 16.4. The molecule has 0 unspecified atom stereocenters. The second-order valence-corrected chi connectivity index (χ2v) is 14.7. The summed E-state index contributed by atoms with van der Waals surface area (Å²) >= 11 is 1.08. The van der Waals surface area contributed by atoms with Crippen LogP contribution in [0.5, 0.6) is 5.75 Å². The van der Waals surface area contributed by atoms with Crippen LogP contribution in [-0.2, 0) is 14.8 Å².